The molecule has 0 aliphatic heterocycles. The maximum absolute atomic E-state index is 11.5. The quantitative estimate of drug-likeness (QED) is 0.651. The molecule has 0 aliphatic rings. The number of rotatable bonds is 5. The Kier molecular flexibility index (Phi) is 4.85. The van der Waals surface area contributed by atoms with E-state index in [0.717, 1.165) is 5.75 Å². The molecule has 0 radical (unpaired) electrons. The van der Waals surface area contributed by atoms with Crippen LogP contribution in [0.2, 0.25) is 0 Å². The third kappa shape index (κ3) is 4.67. The number of carbonyl (C=O) groups is 1. The molecule has 0 saturated heterocycles. The number of benzene rings is 1. The first-order valence-electron chi connectivity index (χ1n) is 5.90. The summed E-state index contributed by atoms with van der Waals surface area (Å²) in [6.45, 7) is 2.36. The van der Waals surface area contributed by atoms with E-state index in [1.165, 1.54) is 4.90 Å². The van der Waals surface area contributed by atoms with Crippen molar-refractivity contribution in [1.29, 1.82) is 0 Å². The van der Waals surface area contributed by atoms with Gasteiger partial charge in [0.2, 0.25) is 0 Å². The van der Waals surface area contributed by atoms with Crippen LogP contribution in [0, 0.1) is 6.92 Å². The van der Waals surface area contributed by atoms with Crippen LogP contribution < -0.4 is 10.6 Å². The normalized spacial score (nSPS) is 10.2. The summed E-state index contributed by atoms with van der Waals surface area (Å²) in [5.41, 5.74) is 0. The second-order valence-corrected chi connectivity index (χ2v) is 5.03. The van der Waals surface area contributed by atoms with Gasteiger partial charge in [-0.1, -0.05) is 23.4 Å². The highest BCUT2D eigenvalue weighted by molar-refractivity contribution is 7.99. The van der Waals surface area contributed by atoms with Gasteiger partial charge in [0.25, 0.3) is 0 Å². The maximum Gasteiger partial charge on any atom is 0.320 e. The third-order valence-corrected chi connectivity index (χ3v) is 3.28. The number of anilines is 1. The minimum Gasteiger partial charge on any atom is -0.360 e. The zero-order valence-electron chi connectivity index (χ0n) is 10.6. The smallest absolute Gasteiger partial charge is 0.320 e. The Hall–Kier alpha value is -1.95. The summed E-state index contributed by atoms with van der Waals surface area (Å²) in [4.78, 5) is 12.7. The molecule has 2 rings (SSSR count). The van der Waals surface area contributed by atoms with E-state index in [1.54, 1.807) is 24.8 Å². The van der Waals surface area contributed by atoms with Crippen LogP contribution in [0.15, 0.2) is 45.8 Å². The number of hydrogen-bond acceptors (Lipinski definition) is 4. The molecule has 2 N–H and O–H groups in total. The summed E-state index contributed by atoms with van der Waals surface area (Å²) in [7, 11) is 0. The Bertz CT molecular complexity index is 528. The predicted molar refractivity (Wildman–Crippen MR) is 75.4 cm³/mol. The first-order chi connectivity index (χ1) is 9.24. The van der Waals surface area contributed by atoms with Crippen molar-refractivity contribution in [2.75, 3.05) is 17.6 Å². The lowest BCUT2D eigenvalue weighted by Crippen LogP contribution is -2.30. The van der Waals surface area contributed by atoms with Crippen LogP contribution in [-0.2, 0) is 0 Å². The summed E-state index contributed by atoms with van der Waals surface area (Å²) in [5, 5.41) is 9.03. The van der Waals surface area contributed by atoms with Crippen molar-refractivity contribution in [3.63, 3.8) is 0 Å². The van der Waals surface area contributed by atoms with E-state index in [1.807, 2.05) is 30.3 Å². The van der Waals surface area contributed by atoms with Gasteiger partial charge in [0.15, 0.2) is 5.82 Å². The van der Waals surface area contributed by atoms with Gasteiger partial charge in [0.1, 0.15) is 5.76 Å². The van der Waals surface area contributed by atoms with Gasteiger partial charge < -0.3 is 9.84 Å². The van der Waals surface area contributed by atoms with Crippen LogP contribution in [0.4, 0.5) is 10.6 Å². The fourth-order valence-corrected chi connectivity index (χ4v) is 2.23. The summed E-state index contributed by atoms with van der Waals surface area (Å²) in [5.74, 6) is 1.90. The average Bonchev–Trinajstić information content (AvgIpc) is 2.81. The van der Waals surface area contributed by atoms with Crippen molar-refractivity contribution in [3.8, 4) is 0 Å². The van der Waals surface area contributed by atoms with Gasteiger partial charge in [-0.3, -0.25) is 5.32 Å². The number of carbonyl (C=O) groups excluding carboxylic acids is 1. The second kappa shape index (κ2) is 6.84. The molecular formula is C13H15N3O2S. The predicted octanol–water partition coefficient (Wildman–Crippen LogP) is 2.90. The maximum atomic E-state index is 11.5. The van der Waals surface area contributed by atoms with Crippen molar-refractivity contribution < 1.29 is 9.32 Å². The molecular weight excluding hydrogens is 262 g/mol. The molecule has 0 saturated carbocycles. The van der Waals surface area contributed by atoms with Gasteiger partial charge in [-0.05, 0) is 19.1 Å². The zero-order chi connectivity index (χ0) is 13.5. The van der Waals surface area contributed by atoms with E-state index >= 15 is 0 Å². The number of nitrogens with zero attached hydrogens (tertiary/aromatic N) is 1. The van der Waals surface area contributed by atoms with Gasteiger partial charge in [0, 0.05) is 23.3 Å². The summed E-state index contributed by atoms with van der Waals surface area (Å²) < 4.78 is 4.85. The first kappa shape index (κ1) is 13.5. The van der Waals surface area contributed by atoms with Gasteiger partial charge in [-0.2, -0.15) is 0 Å². The minimum atomic E-state index is -0.276. The van der Waals surface area contributed by atoms with E-state index in [2.05, 4.69) is 15.8 Å². The van der Waals surface area contributed by atoms with Crippen molar-refractivity contribution in [2.45, 2.75) is 11.8 Å². The minimum absolute atomic E-state index is 0.276. The molecule has 0 spiro atoms. The Morgan fingerprint density at radius 1 is 1.37 bits per heavy atom. The lowest BCUT2D eigenvalue weighted by atomic mass is 10.4. The van der Waals surface area contributed by atoms with Crippen molar-refractivity contribution in [1.82, 2.24) is 10.5 Å². The lowest BCUT2D eigenvalue weighted by molar-refractivity contribution is 0.252. The van der Waals surface area contributed by atoms with Gasteiger partial charge in [-0.15, -0.1) is 11.8 Å². The Morgan fingerprint density at radius 2 is 2.16 bits per heavy atom. The van der Waals surface area contributed by atoms with Crippen LogP contribution in [0.25, 0.3) is 0 Å². The molecule has 0 fully saturated rings. The lowest BCUT2D eigenvalue weighted by Gasteiger charge is -2.05. The molecule has 2 amide bonds. The second-order valence-electron chi connectivity index (χ2n) is 3.87. The van der Waals surface area contributed by atoms with Gasteiger partial charge in [-0.25, -0.2) is 4.79 Å². The number of aromatic nitrogens is 1. The third-order valence-electron chi connectivity index (χ3n) is 2.27. The largest absolute Gasteiger partial charge is 0.360 e. The molecule has 0 unspecified atom stereocenters. The molecule has 0 aliphatic carbocycles. The average molecular weight is 277 g/mol. The van der Waals surface area contributed by atoms with Crippen LogP contribution in [0.1, 0.15) is 5.76 Å². The summed E-state index contributed by atoms with van der Waals surface area (Å²) >= 11 is 1.70. The molecule has 5 nitrogen and oxygen atoms in total. The van der Waals surface area contributed by atoms with Crippen LogP contribution in [-0.4, -0.2) is 23.5 Å². The number of hydrogen-bond donors (Lipinski definition) is 2. The first-order valence-corrected chi connectivity index (χ1v) is 6.88. The molecule has 0 atom stereocenters. The SMILES string of the molecule is Cc1cc(NC(=O)NCCSc2ccccc2)no1. The molecule has 6 heteroatoms. The molecule has 100 valence electrons. The zero-order valence-corrected chi connectivity index (χ0v) is 11.4. The highest BCUT2D eigenvalue weighted by Gasteiger charge is 2.04. The molecule has 1 heterocycles. The number of nitrogens with one attached hydrogen (secondary N) is 2. The highest BCUT2D eigenvalue weighted by Crippen LogP contribution is 2.15. The number of aryl methyl sites for hydroxylation is 1. The monoisotopic (exact) mass is 277 g/mol. The van der Waals surface area contributed by atoms with Crippen molar-refractivity contribution in [2.24, 2.45) is 0 Å². The Morgan fingerprint density at radius 3 is 2.84 bits per heavy atom. The molecule has 1 aromatic heterocycles. The van der Waals surface area contributed by atoms with Gasteiger partial charge in [0.05, 0.1) is 0 Å². The molecule has 0 bridgehead atoms. The van der Waals surface area contributed by atoms with E-state index < -0.39 is 0 Å². The number of amides is 2. The summed E-state index contributed by atoms with van der Waals surface area (Å²) in [6.07, 6.45) is 0. The Labute approximate surface area is 115 Å². The van der Waals surface area contributed by atoms with Crippen LogP contribution in [0.5, 0.6) is 0 Å². The topological polar surface area (TPSA) is 67.2 Å². The van der Waals surface area contributed by atoms with Crippen LogP contribution in [0.3, 0.4) is 0 Å². The molecule has 2 aromatic rings. The van der Waals surface area contributed by atoms with Gasteiger partial charge >= 0.3 is 6.03 Å². The van der Waals surface area contributed by atoms with E-state index in [4.69, 9.17) is 4.52 Å². The number of thioether (sulfide) groups is 1. The van der Waals surface area contributed by atoms with Crippen molar-refractivity contribution in [3.05, 3.63) is 42.2 Å². The molecule has 19 heavy (non-hydrogen) atoms. The number of urea groups is 1. The Balaban J connectivity index is 1.64. The van der Waals surface area contributed by atoms with Crippen LogP contribution >= 0.6 is 11.8 Å². The van der Waals surface area contributed by atoms with E-state index in [9.17, 15) is 4.79 Å². The van der Waals surface area contributed by atoms with E-state index in [0.29, 0.717) is 18.1 Å². The highest BCUT2D eigenvalue weighted by atomic mass is 32.2. The van der Waals surface area contributed by atoms with Crippen molar-refractivity contribution >= 4 is 23.6 Å². The standard InChI is InChI=1S/C13H15N3O2S/c1-10-9-12(16-18-10)15-13(17)14-7-8-19-11-5-3-2-4-6-11/h2-6,9H,7-8H2,1H3,(H2,14,15,16,17). The summed E-state index contributed by atoms with van der Waals surface area (Å²) in [6, 6.07) is 11.5. The fraction of sp³-hybridized carbons (Fsp3) is 0.231. The molecule has 1 aromatic carbocycles. The fourth-order valence-electron chi connectivity index (χ4n) is 1.44. The van der Waals surface area contributed by atoms with E-state index in [-0.39, 0.29) is 6.03 Å².